The summed E-state index contributed by atoms with van der Waals surface area (Å²) < 4.78 is 5.56. The molecule has 0 radical (unpaired) electrons. The van der Waals surface area contributed by atoms with Crippen molar-refractivity contribution in [1.29, 1.82) is 0 Å². The van der Waals surface area contributed by atoms with Gasteiger partial charge >= 0.3 is 0 Å². The molecule has 0 aliphatic carbocycles. The molecule has 2 unspecified atom stereocenters. The highest BCUT2D eigenvalue weighted by Gasteiger charge is 2.25. The number of hydrogen-bond acceptors (Lipinski definition) is 5. The van der Waals surface area contributed by atoms with Crippen molar-refractivity contribution >= 4 is 0 Å². The van der Waals surface area contributed by atoms with Crippen LogP contribution in [0.3, 0.4) is 0 Å². The summed E-state index contributed by atoms with van der Waals surface area (Å²) in [6, 6.07) is 0.578. The van der Waals surface area contributed by atoms with Gasteiger partial charge in [-0.2, -0.15) is 0 Å². The van der Waals surface area contributed by atoms with Crippen molar-refractivity contribution < 1.29 is 4.42 Å². The topological polar surface area (TPSA) is 68.2 Å². The van der Waals surface area contributed by atoms with Crippen LogP contribution in [-0.2, 0) is 13.0 Å². The fraction of sp³-hybridized carbons (Fsp3) is 0.833. The van der Waals surface area contributed by atoms with E-state index in [1.165, 1.54) is 12.8 Å². The van der Waals surface area contributed by atoms with Crippen LogP contribution >= 0.6 is 0 Å². The van der Waals surface area contributed by atoms with Gasteiger partial charge in [0, 0.05) is 19.0 Å². The number of piperidine rings is 1. The predicted molar refractivity (Wildman–Crippen MR) is 65.3 cm³/mol. The van der Waals surface area contributed by atoms with E-state index in [4.69, 9.17) is 10.2 Å². The maximum Gasteiger partial charge on any atom is 0.230 e. The highest BCUT2D eigenvalue weighted by molar-refractivity contribution is 4.86. The van der Waals surface area contributed by atoms with Gasteiger partial charge in [0.2, 0.25) is 11.8 Å². The van der Waals surface area contributed by atoms with Gasteiger partial charge in [-0.25, -0.2) is 0 Å². The summed E-state index contributed by atoms with van der Waals surface area (Å²) in [7, 11) is 0. The zero-order chi connectivity index (χ0) is 12.3. The fourth-order valence-electron chi connectivity index (χ4n) is 2.34. The van der Waals surface area contributed by atoms with Gasteiger partial charge in [0.15, 0.2) is 0 Å². The van der Waals surface area contributed by atoms with E-state index >= 15 is 0 Å². The molecule has 0 aromatic carbocycles. The highest BCUT2D eigenvalue weighted by Crippen LogP contribution is 2.22. The molecule has 17 heavy (non-hydrogen) atoms. The molecular weight excluding hydrogens is 216 g/mol. The molecule has 96 valence electrons. The second-order valence-corrected chi connectivity index (χ2v) is 4.90. The van der Waals surface area contributed by atoms with Gasteiger partial charge in [-0.3, -0.25) is 4.90 Å². The van der Waals surface area contributed by atoms with Gasteiger partial charge in [0.05, 0.1) is 6.54 Å². The van der Waals surface area contributed by atoms with E-state index in [-0.39, 0.29) is 0 Å². The smallest absolute Gasteiger partial charge is 0.230 e. The molecule has 0 amide bonds. The van der Waals surface area contributed by atoms with Crippen LogP contribution < -0.4 is 5.73 Å². The molecule has 2 atom stereocenters. The number of rotatable bonds is 4. The summed E-state index contributed by atoms with van der Waals surface area (Å²) in [5, 5.41) is 8.07. The summed E-state index contributed by atoms with van der Waals surface area (Å²) >= 11 is 0. The summed E-state index contributed by atoms with van der Waals surface area (Å²) in [6.45, 7) is 6.84. The molecule has 2 heterocycles. The Balaban J connectivity index is 1.96. The van der Waals surface area contributed by atoms with Crippen LogP contribution in [0.1, 0.15) is 38.5 Å². The molecule has 2 rings (SSSR count). The number of aromatic nitrogens is 2. The Labute approximate surface area is 102 Å². The quantitative estimate of drug-likeness (QED) is 0.853. The van der Waals surface area contributed by atoms with E-state index < -0.39 is 0 Å². The second-order valence-electron chi connectivity index (χ2n) is 4.90. The van der Waals surface area contributed by atoms with E-state index in [0.717, 1.165) is 37.8 Å². The Kier molecular flexibility index (Phi) is 4.12. The third-order valence-corrected chi connectivity index (χ3v) is 3.59. The minimum absolute atomic E-state index is 0.578. The fourth-order valence-corrected chi connectivity index (χ4v) is 2.34. The lowest BCUT2D eigenvalue weighted by molar-refractivity contribution is 0.103. The standard InChI is InChI=1S/C12H22N4O/c1-3-11-14-15-12(17-11)8-16-7-10(6-13)5-4-9(16)2/h9-10H,3-8,13H2,1-2H3. The Morgan fingerprint density at radius 1 is 1.35 bits per heavy atom. The Morgan fingerprint density at radius 2 is 2.12 bits per heavy atom. The van der Waals surface area contributed by atoms with Crippen LogP contribution in [0.5, 0.6) is 0 Å². The summed E-state index contributed by atoms with van der Waals surface area (Å²) in [6.07, 6.45) is 3.24. The van der Waals surface area contributed by atoms with Gasteiger partial charge in [0.1, 0.15) is 0 Å². The first kappa shape index (κ1) is 12.5. The van der Waals surface area contributed by atoms with Crippen LogP contribution in [0.4, 0.5) is 0 Å². The largest absolute Gasteiger partial charge is 0.424 e. The lowest BCUT2D eigenvalue weighted by atomic mass is 9.93. The molecule has 1 fully saturated rings. The minimum Gasteiger partial charge on any atom is -0.424 e. The third-order valence-electron chi connectivity index (χ3n) is 3.59. The van der Waals surface area contributed by atoms with Crippen molar-refractivity contribution in [1.82, 2.24) is 15.1 Å². The molecule has 1 aromatic heterocycles. The number of hydrogen-bond donors (Lipinski definition) is 1. The van der Waals surface area contributed by atoms with Crippen molar-refractivity contribution in [2.24, 2.45) is 11.7 Å². The van der Waals surface area contributed by atoms with Crippen molar-refractivity contribution in [2.45, 2.75) is 45.7 Å². The SMILES string of the molecule is CCc1nnc(CN2CC(CN)CCC2C)o1. The normalized spacial score (nSPS) is 26.3. The average Bonchev–Trinajstić information content (AvgIpc) is 2.80. The van der Waals surface area contributed by atoms with Crippen molar-refractivity contribution in [3.05, 3.63) is 11.8 Å². The van der Waals surface area contributed by atoms with Gasteiger partial charge in [-0.05, 0) is 32.2 Å². The first-order valence-electron chi connectivity index (χ1n) is 6.48. The van der Waals surface area contributed by atoms with E-state index in [1.807, 2.05) is 6.92 Å². The molecule has 0 spiro atoms. The van der Waals surface area contributed by atoms with Gasteiger partial charge in [0.25, 0.3) is 0 Å². The van der Waals surface area contributed by atoms with Crippen LogP contribution in [0.25, 0.3) is 0 Å². The molecule has 5 nitrogen and oxygen atoms in total. The average molecular weight is 238 g/mol. The molecule has 0 saturated carbocycles. The van der Waals surface area contributed by atoms with Crippen LogP contribution in [0.15, 0.2) is 4.42 Å². The summed E-state index contributed by atoms with van der Waals surface area (Å²) in [4.78, 5) is 2.40. The minimum atomic E-state index is 0.578. The van der Waals surface area contributed by atoms with Crippen molar-refractivity contribution in [2.75, 3.05) is 13.1 Å². The number of nitrogens with zero attached hydrogens (tertiary/aromatic N) is 3. The van der Waals surface area contributed by atoms with Crippen LogP contribution in [0.2, 0.25) is 0 Å². The number of likely N-dealkylation sites (tertiary alicyclic amines) is 1. The summed E-state index contributed by atoms with van der Waals surface area (Å²) in [5.41, 5.74) is 5.75. The van der Waals surface area contributed by atoms with Crippen LogP contribution in [0, 0.1) is 5.92 Å². The monoisotopic (exact) mass is 238 g/mol. The van der Waals surface area contributed by atoms with Crippen molar-refractivity contribution in [3.63, 3.8) is 0 Å². The molecule has 0 bridgehead atoms. The molecule has 1 saturated heterocycles. The van der Waals surface area contributed by atoms with Crippen LogP contribution in [-0.4, -0.2) is 34.2 Å². The zero-order valence-corrected chi connectivity index (χ0v) is 10.7. The Morgan fingerprint density at radius 3 is 2.76 bits per heavy atom. The predicted octanol–water partition coefficient (Wildman–Crippen LogP) is 1.19. The molecule has 1 aliphatic heterocycles. The number of nitrogens with two attached hydrogens (primary N) is 1. The maximum atomic E-state index is 5.75. The van der Waals surface area contributed by atoms with E-state index in [0.29, 0.717) is 12.0 Å². The van der Waals surface area contributed by atoms with Crippen molar-refractivity contribution in [3.8, 4) is 0 Å². The molecule has 1 aliphatic rings. The number of aryl methyl sites for hydroxylation is 1. The van der Waals surface area contributed by atoms with Gasteiger partial charge < -0.3 is 10.2 Å². The lowest BCUT2D eigenvalue weighted by Crippen LogP contribution is -2.43. The lowest BCUT2D eigenvalue weighted by Gasteiger charge is -2.36. The third kappa shape index (κ3) is 3.04. The van der Waals surface area contributed by atoms with E-state index in [1.54, 1.807) is 0 Å². The van der Waals surface area contributed by atoms with Gasteiger partial charge in [-0.1, -0.05) is 6.92 Å². The van der Waals surface area contributed by atoms with E-state index in [9.17, 15) is 0 Å². The van der Waals surface area contributed by atoms with E-state index in [2.05, 4.69) is 22.0 Å². The zero-order valence-electron chi connectivity index (χ0n) is 10.7. The maximum absolute atomic E-state index is 5.75. The molecule has 5 heteroatoms. The Bertz CT molecular complexity index is 352. The summed E-state index contributed by atoms with van der Waals surface area (Å²) in [5.74, 6) is 2.06. The first-order valence-corrected chi connectivity index (χ1v) is 6.48. The first-order chi connectivity index (χ1) is 8.22. The molecular formula is C12H22N4O. The Hall–Kier alpha value is -0.940. The second kappa shape index (κ2) is 5.60. The molecule has 2 N–H and O–H groups in total. The van der Waals surface area contributed by atoms with Gasteiger partial charge in [-0.15, -0.1) is 10.2 Å². The molecule has 1 aromatic rings. The highest BCUT2D eigenvalue weighted by atomic mass is 16.4.